The second-order valence-electron chi connectivity index (χ2n) is 9.50. The molecular formula is C25H27F7N2O4S. The van der Waals surface area contributed by atoms with Crippen LogP contribution in [-0.4, -0.2) is 60.6 Å². The Morgan fingerprint density at radius 2 is 1.64 bits per heavy atom. The van der Waals surface area contributed by atoms with E-state index >= 15 is 0 Å². The number of piperidine rings is 1. The van der Waals surface area contributed by atoms with Crippen LogP contribution in [0.25, 0.3) is 0 Å². The van der Waals surface area contributed by atoms with Crippen molar-refractivity contribution < 1.29 is 49.1 Å². The highest BCUT2D eigenvalue weighted by Gasteiger charge is 2.40. The van der Waals surface area contributed by atoms with E-state index in [9.17, 15) is 43.9 Å². The van der Waals surface area contributed by atoms with Gasteiger partial charge in [0.2, 0.25) is 0 Å². The Bertz CT molecular complexity index is 1280. The lowest BCUT2D eigenvalue weighted by Gasteiger charge is -2.41. The van der Waals surface area contributed by atoms with Crippen LogP contribution in [0.5, 0.6) is 0 Å². The number of sulfone groups is 1. The molecule has 0 aromatic heterocycles. The lowest BCUT2D eigenvalue weighted by molar-refractivity contribution is -0.143. The SMILES string of the molecule is Cc1cc(F)ccc1[C@H]1C[C@@H](S(=O)(=O)CCO)CCN1C(=O)N(C)Cc1cc(C(F)(F)F)cc(C(F)(F)F)c1. The molecule has 2 atom stereocenters. The van der Waals surface area contributed by atoms with E-state index in [0.717, 1.165) is 11.0 Å². The molecule has 0 bridgehead atoms. The van der Waals surface area contributed by atoms with Gasteiger partial charge in [-0.2, -0.15) is 26.3 Å². The topological polar surface area (TPSA) is 77.9 Å². The van der Waals surface area contributed by atoms with Crippen molar-refractivity contribution in [2.45, 2.75) is 50.0 Å². The molecule has 14 heteroatoms. The van der Waals surface area contributed by atoms with Gasteiger partial charge in [-0.1, -0.05) is 6.07 Å². The van der Waals surface area contributed by atoms with E-state index in [1.807, 2.05) is 0 Å². The fourth-order valence-electron chi connectivity index (χ4n) is 4.76. The monoisotopic (exact) mass is 584 g/mol. The number of carbonyl (C=O) groups is 1. The maximum atomic E-state index is 13.8. The second kappa shape index (κ2) is 11.3. The molecule has 1 saturated heterocycles. The Hall–Kier alpha value is -2.87. The highest BCUT2D eigenvalue weighted by atomic mass is 32.2. The minimum Gasteiger partial charge on any atom is -0.395 e. The number of aliphatic hydroxyl groups excluding tert-OH is 1. The van der Waals surface area contributed by atoms with Crippen LogP contribution in [-0.2, 0) is 28.7 Å². The van der Waals surface area contributed by atoms with Gasteiger partial charge in [-0.05, 0) is 66.8 Å². The third kappa shape index (κ3) is 7.21. The minimum atomic E-state index is -5.05. The first-order valence-electron chi connectivity index (χ1n) is 11.8. The van der Waals surface area contributed by atoms with Crippen LogP contribution >= 0.6 is 0 Å². The quantitative estimate of drug-likeness (QED) is 0.466. The van der Waals surface area contributed by atoms with Crippen LogP contribution in [0.3, 0.4) is 0 Å². The average Bonchev–Trinajstić information content (AvgIpc) is 2.82. The molecule has 6 nitrogen and oxygen atoms in total. The molecule has 2 amide bonds. The summed E-state index contributed by atoms with van der Waals surface area (Å²) in [5, 5.41) is 8.23. The first-order chi connectivity index (χ1) is 17.9. The number of amides is 2. The molecule has 1 N–H and O–H groups in total. The molecule has 39 heavy (non-hydrogen) atoms. The van der Waals surface area contributed by atoms with Crippen molar-refractivity contribution in [1.29, 1.82) is 0 Å². The number of alkyl halides is 6. The van der Waals surface area contributed by atoms with Crippen LogP contribution < -0.4 is 0 Å². The lowest BCUT2D eigenvalue weighted by Crippen LogP contribution is -2.49. The molecule has 3 rings (SSSR count). The van der Waals surface area contributed by atoms with Crippen LogP contribution in [0.2, 0.25) is 0 Å². The molecule has 2 aromatic carbocycles. The van der Waals surface area contributed by atoms with E-state index in [1.165, 1.54) is 24.1 Å². The van der Waals surface area contributed by atoms with Gasteiger partial charge in [0.15, 0.2) is 9.84 Å². The van der Waals surface area contributed by atoms with Crippen LogP contribution in [0.15, 0.2) is 36.4 Å². The number of rotatable bonds is 6. The Morgan fingerprint density at radius 1 is 1.05 bits per heavy atom. The summed E-state index contributed by atoms with van der Waals surface area (Å²) in [6.45, 7) is 0.277. The summed E-state index contributed by atoms with van der Waals surface area (Å²) in [6, 6.07) is 3.18. The normalized spacial score (nSPS) is 18.8. The summed E-state index contributed by atoms with van der Waals surface area (Å²) in [5.74, 6) is -1.05. The van der Waals surface area contributed by atoms with Crippen molar-refractivity contribution in [2.24, 2.45) is 0 Å². The molecule has 2 aromatic rings. The molecule has 216 valence electrons. The maximum absolute atomic E-state index is 13.8. The van der Waals surface area contributed by atoms with E-state index in [1.54, 1.807) is 6.92 Å². The zero-order chi connectivity index (χ0) is 29.3. The van der Waals surface area contributed by atoms with Gasteiger partial charge in [-0.15, -0.1) is 0 Å². The summed E-state index contributed by atoms with van der Waals surface area (Å²) in [7, 11) is -2.53. The number of nitrogens with zero attached hydrogens (tertiary/aromatic N) is 2. The fourth-order valence-corrected chi connectivity index (χ4v) is 6.29. The van der Waals surface area contributed by atoms with Gasteiger partial charge in [-0.25, -0.2) is 17.6 Å². The Kier molecular flexibility index (Phi) is 8.90. The van der Waals surface area contributed by atoms with Gasteiger partial charge in [-0.3, -0.25) is 0 Å². The molecular weight excluding hydrogens is 557 g/mol. The number of aliphatic hydroxyl groups is 1. The first-order valence-corrected chi connectivity index (χ1v) is 13.5. The summed E-state index contributed by atoms with van der Waals surface area (Å²) in [5.41, 5.74) is -2.55. The summed E-state index contributed by atoms with van der Waals surface area (Å²) in [4.78, 5) is 15.7. The predicted octanol–water partition coefficient (Wildman–Crippen LogP) is 5.34. The first kappa shape index (κ1) is 30.7. The molecule has 1 heterocycles. The van der Waals surface area contributed by atoms with Gasteiger partial charge in [0.1, 0.15) is 5.82 Å². The number of hydrogen-bond acceptors (Lipinski definition) is 4. The van der Waals surface area contributed by atoms with Crippen molar-refractivity contribution in [2.75, 3.05) is 26.0 Å². The van der Waals surface area contributed by atoms with Crippen LogP contribution in [0.1, 0.15) is 46.7 Å². The van der Waals surface area contributed by atoms with E-state index in [4.69, 9.17) is 5.11 Å². The van der Waals surface area contributed by atoms with Gasteiger partial charge < -0.3 is 14.9 Å². The number of hydrogen-bond donors (Lipinski definition) is 1. The zero-order valence-corrected chi connectivity index (χ0v) is 21.8. The summed E-state index contributed by atoms with van der Waals surface area (Å²) >= 11 is 0. The van der Waals surface area contributed by atoms with E-state index in [2.05, 4.69) is 0 Å². The molecule has 1 fully saturated rings. The standard InChI is InChI=1S/C25H27F7N2O4S/c1-15-9-19(26)3-4-21(15)22-13-20(39(37,38)8-7-35)5-6-34(22)23(36)33(2)14-16-10-17(24(27,28)29)12-18(11-16)25(30,31)32/h3-4,9-12,20,22,35H,5-8,13-14H2,1-2H3/t20-,22+/m0/s1. The number of benzene rings is 2. The van der Waals surface area contributed by atoms with Gasteiger partial charge in [0.25, 0.3) is 0 Å². The van der Waals surface area contributed by atoms with Crippen molar-refractivity contribution >= 4 is 15.9 Å². The van der Waals surface area contributed by atoms with Crippen LogP contribution in [0, 0.1) is 12.7 Å². The molecule has 0 aliphatic carbocycles. The molecule has 0 saturated carbocycles. The number of halogens is 7. The lowest BCUT2D eigenvalue weighted by atomic mass is 9.92. The number of urea groups is 1. The van der Waals surface area contributed by atoms with Crippen molar-refractivity contribution in [3.63, 3.8) is 0 Å². The molecule has 0 spiro atoms. The average molecular weight is 585 g/mol. The van der Waals surface area contributed by atoms with Crippen molar-refractivity contribution in [3.05, 3.63) is 70.0 Å². The maximum Gasteiger partial charge on any atom is 0.416 e. The molecule has 0 radical (unpaired) electrons. The van der Waals surface area contributed by atoms with E-state index in [0.29, 0.717) is 23.3 Å². The minimum absolute atomic E-state index is 0.000433. The van der Waals surface area contributed by atoms with Crippen LogP contribution in [0.4, 0.5) is 35.5 Å². The largest absolute Gasteiger partial charge is 0.416 e. The van der Waals surface area contributed by atoms with Gasteiger partial charge >= 0.3 is 18.4 Å². The van der Waals surface area contributed by atoms with Crippen molar-refractivity contribution in [1.82, 2.24) is 9.80 Å². The van der Waals surface area contributed by atoms with Gasteiger partial charge in [0, 0.05) is 20.1 Å². The zero-order valence-electron chi connectivity index (χ0n) is 21.0. The van der Waals surface area contributed by atoms with E-state index < -0.39 is 80.9 Å². The molecule has 0 unspecified atom stereocenters. The summed E-state index contributed by atoms with van der Waals surface area (Å²) in [6.07, 6.45) is -10.2. The number of likely N-dealkylation sites (tertiary alicyclic amines) is 1. The van der Waals surface area contributed by atoms with Gasteiger partial charge in [0.05, 0.1) is 34.8 Å². The molecule has 1 aliphatic rings. The second-order valence-corrected chi connectivity index (χ2v) is 11.9. The number of aryl methyl sites for hydroxylation is 1. The Balaban J connectivity index is 1.95. The fraction of sp³-hybridized carbons (Fsp3) is 0.480. The third-order valence-electron chi connectivity index (χ3n) is 6.67. The summed E-state index contributed by atoms with van der Waals surface area (Å²) < 4.78 is 119. The highest BCUT2D eigenvalue weighted by molar-refractivity contribution is 7.92. The smallest absolute Gasteiger partial charge is 0.395 e. The highest BCUT2D eigenvalue weighted by Crippen LogP contribution is 2.38. The molecule has 1 aliphatic heterocycles. The number of carbonyl (C=O) groups excluding carboxylic acids is 1. The Morgan fingerprint density at radius 3 is 2.15 bits per heavy atom. The van der Waals surface area contributed by atoms with E-state index in [-0.39, 0.29) is 25.5 Å². The third-order valence-corrected chi connectivity index (χ3v) is 8.86. The Labute approximate surface area is 220 Å². The van der Waals surface area contributed by atoms with Crippen molar-refractivity contribution in [3.8, 4) is 0 Å². The predicted molar refractivity (Wildman–Crippen MR) is 128 cm³/mol.